The first-order valence-corrected chi connectivity index (χ1v) is 4.74. The molecule has 0 fully saturated rings. The number of hydrogen-bond donors (Lipinski definition) is 1. The lowest BCUT2D eigenvalue weighted by Crippen LogP contribution is -2.02. The molecule has 2 aromatic rings. The number of rotatable bonds is 2. The summed E-state index contributed by atoms with van der Waals surface area (Å²) in [5.74, 6) is 0. The van der Waals surface area contributed by atoms with Gasteiger partial charge in [0.2, 0.25) is 0 Å². The molecule has 0 aromatic carbocycles. The Labute approximate surface area is 88.7 Å². The van der Waals surface area contributed by atoms with Crippen molar-refractivity contribution in [3.8, 4) is 0 Å². The van der Waals surface area contributed by atoms with Crippen molar-refractivity contribution >= 4 is 15.9 Å². The van der Waals surface area contributed by atoms with E-state index in [4.69, 9.17) is 4.42 Å². The Morgan fingerprint density at radius 3 is 3.00 bits per heavy atom. The van der Waals surface area contributed by atoms with E-state index < -0.39 is 6.10 Å². The second-order valence-corrected chi connectivity index (χ2v) is 3.57. The van der Waals surface area contributed by atoms with E-state index in [-0.39, 0.29) is 0 Å². The van der Waals surface area contributed by atoms with Crippen LogP contribution in [0.5, 0.6) is 0 Å². The minimum Gasteiger partial charge on any atom is -0.472 e. The first-order valence-electron chi connectivity index (χ1n) is 3.94. The summed E-state index contributed by atoms with van der Waals surface area (Å²) in [4.78, 5) is 7.80. The van der Waals surface area contributed by atoms with Gasteiger partial charge >= 0.3 is 0 Å². The smallest absolute Gasteiger partial charge is 0.125 e. The Balaban J connectivity index is 2.37. The largest absolute Gasteiger partial charge is 0.472 e. The van der Waals surface area contributed by atoms with Gasteiger partial charge in [0.1, 0.15) is 12.4 Å². The molecule has 0 aliphatic heterocycles. The van der Waals surface area contributed by atoms with Crippen LogP contribution < -0.4 is 0 Å². The molecule has 0 saturated carbocycles. The molecule has 1 atom stereocenters. The van der Waals surface area contributed by atoms with Gasteiger partial charge in [0, 0.05) is 11.8 Å². The fourth-order valence-corrected chi connectivity index (χ4v) is 1.55. The lowest BCUT2D eigenvalue weighted by Gasteiger charge is -2.08. The summed E-state index contributed by atoms with van der Waals surface area (Å²) in [7, 11) is 0. The highest BCUT2D eigenvalue weighted by molar-refractivity contribution is 9.10. The Kier molecular flexibility index (Phi) is 2.60. The molecule has 1 unspecified atom stereocenters. The van der Waals surface area contributed by atoms with Crippen LogP contribution in [0.15, 0.2) is 40.0 Å². The number of aromatic nitrogens is 2. The molecule has 0 aliphatic rings. The highest BCUT2D eigenvalue weighted by Gasteiger charge is 2.15. The van der Waals surface area contributed by atoms with Crippen molar-refractivity contribution in [2.24, 2.45) is 0 Å². The summed E-state index contributed by atoms with van der Waals surface area (Å²) in [6, 6.07) is 1.69. The summed E-state index contributed by atoms with van der Waals surface area (Å²) in [5.41, 5.74) is 1.20. The second-order valence-electron chi connectivity index (χ2n) is 2.72. The zero-order valence-corrected chi connectivity index (χ0v) is 8.68. The Hall–Kier alpha value is -1.20. The predicted molar refractivity (Wildman–Crippen MR) is 52.5 cm³/mol. The van der Waals surface area contributed by atoms with Crippen LogP contribution in [0, 0.1) is 0 Å². The van der Waals surface area contributed by atoms with Gasteiger partial charge in [-0.15, -0.1) is 0 Å². The number of halogens is 1. The van der Waals surface area contributed by atoms with Crippen LogP contribution >= 0.6 is 15.9 Å². The summed E-state index contributed by atoms with van der Waals surface area (Å²) < 4.78 is 5.55. The van der Waals surface area contributed by atoms with Crippen molar-refractivity contribution in [3.63, 3.8) is 0 Å². The Bertz CT molecular complexity index is 417. The van der Waals surface area contributed by atoms with E-state index in [1.807, 2.05) is 0 Å². The van der Waals surface area contributed by atoms with Crippen molar-refractivity contribution in [2.45, 2.75) is 6.10 Å². The average Bonchev–Trinajstić information content (AvgIpc) is 2.70. The van der Waals surface area contributed by atoms with Crippen LogP contribution in [0.25, 0.3) is 0 Å². The molecule has 0 spiro atoms. The molecular formula is C9H7BrN2O2. The first kappa shape index (κ1) is 9.36. The molecule has 0 bridgehead atoms. The summed E-state index contributed by atoms with van der Waals surface area (Å²) >= 11 is 3.27. The Morgan fingerprint density at radius 1 is 1.50 bits per heavy atom. The molecule has 2 rings (SSSR count). The quantitative estimate of drug-likeness (QED) is 0.890. The van der Waals surface area contributed by atoms with Crippen LogP contribution in [0.1, 0.15) is 17.4 Å². The molecule has 4 nitrogen and oxygen atoms in total. The van der Waals surface area contributed by atoms with Crippen molar-refractivity contribution < 1.29 is 9.52 Å². The molecule has 14 heavy (non-hydrogen) atoms. The molecule has 1 N–H and O–H groups in total. The standard InChI is InChI=1S/C9H7BrN2O2/c10-7-3-11-5-12-8(7)9(13)6-1-2-14-4-6/h1-5,9,13H. The van der Waals surface area contributed by atoms with Gasteiger partial charge < -0.3 is 9.52 Å². The van der Waals surface area contributed by atoms with Crippen LogP contribution in [-0.2, 0) is 0 Å². The fraction of sp³-hybridized carbons (Fsp3) is 0.111. The van der Waals surface area contributed by atoms with E-state index in [1.54, 1.807) is 12.3 Å². The third kappa shape index (κ3) is 1.69. The van der Waals surface area contributed by atoms with E-state index in [1.165, 1.54) is 18.9 Å². The third-order valence-corrected chi connectivity index (χ3v) is 2.42. The van der Waals surface area contributed by atoms with E-state index in [9.17, 15) is 5.11 Å². The molecule has 0 saturated heterocycles. The molecule has 5 heteroatoms. The van der Waals surface area contributed by atoms with E-state index in [0.717, 1.165) is 0 Å². The number of nitrogens with zero attached hydrogens (tertiary/aromatic N) is 2. The predicted octanol–water partition coefficient (Wildman–Crippen LogP) is 1.91. The average molecular weight is 255 g/mol. The SMILES string of the molecule is OC(c1ccoc1)c1ncncc1Br. The number of aliphatic hydroxyl groups is 1. The number of aliphatic hydroxyl groups excluding tert-OH is 1. The third-order valence-electron chi connectivity index (χ3n) is 1.81. The fourth-order valence-electron chi connectivity index (χ4n) is 1.11. The van der Waals surface area contributed by atoms with Crippen molar-refractivity contribution in [1.29, 1.82) is 0 Å². The zero-order chi connectivity index (χ0) is 9.97. The maximum Gasteiger partial charge on any atom is 0.125 e. The van der Waals surface area contributed by atoms with Crippen molar-refractivity contribution in [3.05, 3.63) is 46.8 Å². The second kappa shape index (κ2) is 3.89. The van der Waals surface area contributed by atoms with Crippen molar-refractivity contribution in [1.82, 2.24) is 9.97 Å². The summed E-state index contributed by atoms with van der Waals surface area (Å²) in [6.45, 7) is 0. The number of furan rings is 1. The van der Waals surface area contributed by atoms with Gasteiger partial charge in [0.05, 0.1) is 22.7 Å². The highest BCUT2D eigenvalue weighted by atomic mass is 79.9. The van der Waals surface area contributed by atoms with Gasteiger partial charge in [0.15, 0.2) is 0 Å². The van der Waals surface area contributed by atoms with Gasteiger partial charge in [0.25, 0.3) is 0 Å². The molecule has 72 valence electrons. The zero-order valence-electron chi connectivity index (χ0n) is 7.09. The monoisotopic (exact) mass is 254 g/mol. The molecule has 2 heterocycles. The van der Waals surface area contributed by atoms with Crippen molar-refractivity contribution in [2.75, 3.05) is 0 Å². The van der Waals surface area contributed by atoms with Crippen LogP contribution in [0.2, 0.25) is 0 Å². The normalized spacial score (nSPS) is 12.7. The molecule has 2 aromatic heterocycles. The lowest BCUT2D eigenvalue weighted by molar-refractivity contribution is 0.213. The maximum atomic E-state index is 9.88. The minimum atomic E-state index is -0.786. The van der Waals surface area contributed by atoms with Gasteiger partial charge in [-0.1, -0.05) is 0 Å². The lowest BCUT2D eigenvalue weighted by atomic mass is 10.1. The molecular weight excluding hydrogens is 248 g/mol. The van der Waals surface area contributed by atoms with Crippen LogP contribution in [-0.4, -0.2) is 15.1 Å². The van der Waals surface area contributed by atoms with E-state index in [0.29, 0.717) is 15.7 Å². The van der Waals surface area contributed by atoms with E-state index >= 15 is 0 Å². The Morgan fingerprint density at radius 2 is 2.36 bits per heavy atom. The maximum absolute atomic E-state index is 9.88. The molecule has 0 radical (unpaired) electrons. The molecule has 0 aliphatic carbocycles. The van der Waals surface area contributed by atoms with Gasteiger partial charge in [-0.3, -0.25) is 0 Å². The minimum absolute atomic E-state index is 0.529. The molecule has 0 amide bonds. The van der Waals surface area contributed by atoms with Gasteiger partial charge in [-0.05, 0) is 22.0 Å². The number of hydrogen-bond acceptors (Lipinski definition) is 4. The summed E-state index contributed by atoms with van der Waals surface area (Å²) in [5, 5.41) is 9.88. The van der Waals surface area contributed by atoms with E-state index in [2.05, 4.69) is 25.9 Å². The summed E-state index contributed by atoms with van der Waals surface area (Å²) in [6.07, 6.45) is 5.19. The van der Waals surface area contributed by atoms with Gasteiger partial charge in [-0.25, -0.2) is 9.97 Å². The van der Waals surface area contributed by atoms with Gasteiger partial charge in [-0.2, -0.15) is 0 Å². The first-order chi connectivity index (χ1) is 6.79. The topological polar surface area (TPSA) is 59.2 Å². The highest BCUT2D eigenvalue weighted by Crippen LogP contribution is 2.25. The van der Waals surface area contributed by atoms with Crippen LogP contribution in [0.3, 0.4) is 0 Å². The van der Waals surface area contributed by atoms with Crippen LogP contribution in [0.4, 0.5) is 0 Å².